The van der Waals surface area contributed by atoms with Gasteiger partial charge in [-0.25, -0.2) is 9.59 Å². The van der Waals surface area contributed by atoms with E-state index in [-0.39, 0.29) is 5.56 Å². The number of fused-ring (bicyclic) bond motifs is 1. The second-order valence-corrected chi connectivity index (χ2v) is 3.02. The van der Waals surface area contributed by atoms with Gasteiger partial charge in [0.1, 0.15) is 0 Å². The van der Waals surface area contributed by atoms with Crippen molar-refractivity contribution in [1.82, 2.24) is 10.2 Å². The average Bonchev–Trinajstić information content (AvgIpc) is 2.75. The minimum atomic E-state index is -0.516. The largest absolute Gasteiger partial charge is 0.465 e. The number of carbonyl (C=O) groups is 1. The number of H-pyrrole nitrogens is 1. The first-order chi connectivity index (χ1) is 7.76. The molecule has 6 nitrogen and oxygen atoms in total. The first-order valence-electron chi connectivity index (χ1n) is 4.39. The average molecular weight is 217 g/mol. The Bertz CT molecular complexity index is 596. The summed E-state index contributed by atoms with van der Waals surface area (Å²) in [6.07, 6.45) is 2.95. The first kappa shape index (κ1) is 10.1. The van der Waals surface area contributed by atoms with Crippen molar-refractivity contribution in [2.24, 2.45) is 4.99 Å². The van der Waals surface area contributed by atoms with Gasteiger partial charge in [0.25, 0.3) is 0 Å². The fourth-order valence-corrected chi connectivity index (χ4v) is 1.43. The van der Waals surface area contributed by atoms with Crippen LogP contribution in [-0.4, -0.2) is 29.4 Å². The highest BCUT2D eigenvalue weighted by Crippen LogP contribution is 2.24. The van der Waals surface area contributed by atoms with E-state index in [1.807, 2.05) is 0 Å². The smallest absolute Gasteiger partial charge is 0.340 e. The highest BCUT2D eigenvalue weighted by atomic mass is 16.5. The molecule has 0 fully saturated rings. The Balaban J connectivity index is 2.72. The number of benzene rings is 1. The SMILES string of the molecule is COC(=O)c1cc(N=C=O)cc2cn[nH]c12. The van der Waals surface area contributed by atoms with E-state index in [1.165, 1.54) is 25.5 Å². The highest BCUT2D eigenvalue weighted by Gasteiger charge is 2.13. The van der Waals surface area contributed by atoms with E-state index in [1.54, 1.807) is 6.07 Å². The van der Waals surface area contributed by atoms with Crippen LogP contribution in [-0.2, 0) is 9.53 Å². The predicted molar refractivity (Wildman–Crippen MR) is 55.2 cm³/mol. The molecule has 1 heterocycles. The number of esters is 1. The fraction of sp³-hybridized carbons (Fsp3) is 0.100. The zero-order valence-electron chi connectivity index (χ0n) is 8.35. The highest BCUT2D eigenvalue weighted by molar-refractivity contribution is 6.04. The third-order valence-corrected chi connectivity index (χ3v) is 2.11. The molecule has 0 atom stereocenters. The summed E-state index contributed by atoms with van der Waals surface area (Å²) >= 11 is 0. The summed E-state index contributed by atoms with van der Waals surface area (Å²) in [6, 6.07) is 3.06. The van der Waals surface area contributed by atoms with Gasteiger partial charge in [-0.05, 0) is 12.1 Å². The molecule has 0 saturated heterocycles. The normalized spacial score (nSPS) is 9.81. The lowest BCUT2D eigenvalue weighted by atomic mass is 10.1. The molecule has 16 heavy (non-hydrogen) atoms. The number of methoxy groups -OCH3 is 1. The van der Waals surface area contributed by atoms with Gasteiger partial charge in [-0.2, -0.15) is 10.1 Å². The van der Waals surface area contributed by atoms with E-state index >= 15 is 0 Å². The zero-order chi connectivity index (χ0) is 11.5. The Morgan fingerprint density at radius 3 is 3.06 bits per heavy atom. The second-order valence-electron chi connectivity index (χ2n) is 3.02. The standard InChI is InChI=1S/C10H7N3O3/c1-16-10(15)8-3-7(11-5-14)2-6-4-12-13-9(6)8/h2-4H,1H3,(H,12,13). The number of hydrogen-bond acceptors (Lipinski definition) is 5. The van der Waals surface area contributed by atoms with Crippen molar-refractivity contribution in [3.63, 3.8) is 0 Å². The maximum Gasteiger partial charge on any atom is 0.340 e. The Morgan fingerprint density at radius 2 is 2.38 bits per heavy atom. The molecule has 0 radical (unpaired) electrons. The molecule has 1 N–H and O–H groups in total. The Morgan fingerprint density at radius 1 is 1.56 bits per heavy atom. The summed E-state index contributed by atoms with van der Waals surface area (Å²) in [4.78, 5) is 25.1. The van der Waals surface area contributed by atoms with Crippen LogP contribution in [0.25, 0.3) is 10.9 Å². The molecular formula is C10H7N3O3. The molecule has 0 aliphatic heterocycles. The van der Waals surface area contributed by atoms with Crippen LogP contribution in [0.1, 0.15) is 10.4 Å². The van der Waals surface area contributed by atoms with E-state index in [0.717, 1.165) is 0 Å². The molecule has 0 amide bonds. The van der Waals surface area contributed by atoms with Crippen molar-refractivity contribution in [3.8, 4) is 0 Å². The molecule has 0 spiro atoms. The van der Waals surface area contributed by atoms with Crippen molar-refractivity contribution in [3.05, 3.63) is 23.9 Å². The van der Waals surface area contributed by atoms with Crippen molar-refractivity contribution < 1.29 is 14.3 Å². The number of carbonyl (C=O) groups excluding carboxylic acids is 2. The van der Waals surface area contributed by atoms with E-state index in [2.05, 4.69) is 19.9 Å². The number of rotatable bonds is 2. The van der Waals surface area contributed by atoms with Crippen molar-refractivity contribution in [1.29, 1.82) is 0 Å². The molecule has 1 aromatic heterocycles. The number of nitrogens with one attached hydrogen (secondary N) is 1. The number of aromatic nitrogens is 2. The summed E-state index contributed by atoms with van der Waals surface area (Å²) in [5.41, 5.74) is 1.17. The van der Waals surface area contributed by atoms with Crippen molar-refractivity contribution >= 4 is 28.6 Å². The summed E-state index contributed by atoms with van der Waals surface area (Å²) in [5.74, 6) is -0.516. The predicted octanol–water partition coefficient (Wildman–Crippen LogP) is 1.32. The molecule has 0 saturated carbocycles. The molecule has 2 rings (SSSR count). The molecule has 0 bridgehead atoms. The number of ether oxygens (including phenoxy) is 1. The molecular weight excluding hydrogens is 210 g/mol. The quantitative estimate of drug-likeness (QED) is 0.467. The second kappa shape index (κ2) is 3.96. The topological polar surface area (TPSA) is 84.4 Å². The number of hydrogen-bond donors (Lipinski definition) is 1. The van der Waals surface area contributed by atoms with Gasteiger partial charge in [0.2, 0.25) is 6.08 Å². The number of aromatic amines is 1. The Labute approximate surface area is 89.9 Å². The van der Waals surface area contributed by atoms with Gasteiger partial charge in [-0.1, -0.05) is 0 Å². The fourth-order valence-electron chi connectivity index (χ4n) is 1.43. The number of nitrogens with zero attached hydrogens (tertiary/aromatic N) is 2. The monoisotopic (exact) mass is 217 g/mol. The van der Waals surface area contributed by atoms with E-state index < -0.39 is 5.97 Å². The zero-order valence-corrected chi connectivity index (χ0v) is 8.35. The summed E-state index contributed by atoms with van der Waals surface area (Å²) in [6.45, 7) is 0. The van der Waals surface area contributed by atoms with Crippen LogP contribution in [0.3, 0.4) is 0 Å². The lowest BCUT2D eigenvalue weighted by molar-refractivity contribution is 0.0603. The first-order valence-corrected chi connectivity index (χ1v) is 4.39. The van der Waals surface area contributed by atoms with Gasteiger partial charge in [0, 0.05) is 5.39 Å². The van der Waals surface area contributed by atoms with Crippen LogP contribution in [0.15, 0.2) is 23.3 Å². The Kier molecular flexibility index (Phi) is 2.49. The van der Waals surface area contributed by atoms with Crippen LogP contribution in [0.5, 0.6) is 0 Å². The maximum atomic E-state index is 11.5. The van der Waals surface area contributed by atoms with E-state index in [4.69, 9.17) is 0 Å². The van der Waals surface area contributed by atoms with Crippen LogP contribution in [0.4, 0.5) is 5.69 Å². The minimum absolute atomic E-state index is 0.284. The van der Waals surface area contributed by atoms with Gasteiger partial charge < -0.3 is 4.74 Å². The van der Waals surface area contributed by atoms with Gasteiger partial charge in [0.05, 0.1) is 30.1 Å². The summed E-state index contributed by atoms with van der Waals surface area (Å²) in [7, 11) is 1.28. The van der Waals surface area contributed by atoms with Gasteiger partial charge in [-0.3, -0.25) is 5.10 Å². The van der Waals surface area contributed by atoms with E-state index in [9.17, 15) is 9.59 Å². The minimum Gasteiger partial charge on any atom is -0.465 e. The summed E-state index contributed by atoms with van der Waals surface area (Å²) < 4.78 is 4.62. The van der Waals surface area contributed by atoms with Crippen molar-refractivity contribution in [2.45, 2.75) is 0 Å². The molecule has 0 aliphatic rings. The van der Waals surface area contributed by atoms with Crippen molar-refractivity contribution in [2.75, 3.05) is 7.11 Å². The maximum absolute atomic E-state index is 11.5. The van der Waals surface area contributed by atoms with Crippen LogP contribution >= 0.6 is 0 Å². The Hall–Kier alpha value is -2.46. The van der Waals surface area contributed by atoms with Crippen LogP contribution < -0.4 is 0 Å². The molecule has 0 unspecified atom stereocenters. The van der Waals surface area contributed by atoms with E-state index in [0.29, 0.717) is 16.6 Å². The number of isocyanates is 1. The molecule has 1 aromatic carbocycles. The lowest BCUT2D eigenvalue weighted by Gasteiger charge is -2.01. The molecule has 0 aliphatic carbocycles. The van der Waals surface area contributed by atoms with Gasteiger partial charge in [-0.15, -0.1) is 0 Å². The number of aliphatic imine (C=N–C) groups is 1. The van der Waals surface area contributed by atoms with Gasteiger partial charge in [0.15, 0.2) is 0 Å². The molecule has 2 aromatic rings. The van der Waals surface area contributed by atoms with Crippen LogP contribution in [0.2, 0.25) is 0 Å². The van der Waals surface area contributed by atoms with Crippen LogP contribution in [0, 0.1) is 0 Å². The molecule has 80 valence electrons. The molecule has 6 heteroatoms. The third kappa shape index (κ3) is 1.57. The summed E-state index contributed by atoms with van der Waals surface area (Å²) in [5, 5.41) is 7.17. The third-order valence-electron chi connectivity index (χ3n) is 2.11. The van der Waals surface area contributed by atoms with Gasteiger partial charge >= 0.3 is 5.97 Å². The lowest BCUT2D eigenvalue weighted by Crippen LogP contribution is -2.01.